The standard InChI is InChI=1S/C22H14N2O2Se/c1-13-20(22(25)26)27-21(24-13)15-9-10-18(16(11-15)12-23)19-8-4-6-14-5-2-3-7-17(14)19/h2-11H,1H3,(H,25,26). The third kappa shape index (κ3) is 3.06. The number of hydrogen-bond acceptors (Lipinski definition) is 3. The number of aryl methyl sites for hydroxylation is 1. The molecule has 0 saturated heterocycles. The van der Waals surface area contributed by atoms with Gasteiger partial charge in [0.15, 0.2) is 0 Å². The summed E-state index contributed by atoms with van der Waals surface area (Å²) in [6.45, 7) is 1.72. The number of rotatable bonds is 3. The van der Waals surface area contributed by atoms with E-state index in [0.29, 0.717) is 15.7 Å². The summed E-state index contributed by atoms with van der Waals surface area (Å²) in [6, 6.07) is 22.1. The molecule has 27 heavy (non-hydrogen) atoms. The Hall–Kier alpha value is -3.19. The van der Waals surface area contributed by atoms with Gasteiger partial charge in [-0.3, -0.25) is 0 Å². The van der Waals surface area contributed by atoms with Crippen molar-refractivity contribution in [2.75, 3.05) is 0 Å². The molecule has 130 valence electrons. The van der Waals surface area contributed by atoms with Crippen molar-refractivity contribution in [1.82, 2.24) is 4.98 Å². The first-order chi connectivity index (χ1) is 13.1. The van der Waals surface area contributed by atoms with Gasteiger partial charge in [0.05, 0.1) is 0 Å². The van der Waals surface area contributed by atoms with Crippen molar-refractivity contribution in [3.63, 3.8) is 0 Å². The van der Waals surface area contributed by atoms with Crippen LogP contribution >= 0.6 is 0 Å². The Bertz CT molecular complexity index is 1230. The van der Waals surface area contributed by atoms with Gasteiger partial charge in [0, 0.05) is 0 Å². The third-order valence-electron chi connectivity index (χ3n) is 4.46. The van der Waals surface area contributed by atoms with Gasteiger partial charge in [0.2, 0.25) is 0 Å². The van der Waals surface area contributed by atoms with E-state index in [1.807, 2.05) is 42.5 Å². The van der Waals surface area contributed by atoms with Crippen molar-refractivity contribution in [2.45, 2.75) is 6.92 Å². The Morgan fingerprint density at radius 1 is 1.07 bits per heavy atom. The van der Waals surface area contributed by atoms with Crippen LogP contribution in [0, 0.1) is 18.3 Å². The van der Waals surface area contributed by atoms with Crippen LogP contribution in [0.2, 0.25) is 0 Å². The molecule has 4 nitrogen and oxygen atoms in total. The van der Waals surface area contributed by atoms with Crippen molar-refractivity contribution in [3.05, 3.63) is 76.4 Å². The fraction of sp³-hybridized carbons (Fsp3) is 0.0455. The fourth-order valence-corrected chi connectivity index (χ4v) is 5.07. The minimum atomic E-state index is -0.917. The van der Waals surface area contributed by atoms with E-state index in [0.717, 1.165) is 32.0 Å². The molecule has 0 unspecified atom stereocenters. The summed E-state index contributed by atoms with van der Waals surface area (Å²) in [6.07, 6.45) is 0. The number of benzene rings is 3. The van der Waals surface area contributed by atoms with E-state index >= 15 is 0 Å². The van der Waals surface area contributed by atoms with Gasteiger partial charge < -0.3 is 0 Å². The van der Waals surface area contributed by atoms with Crippen LogP contribution < -0.4 is 0 Å². The summed E-state index contributed by atoms with van der Waals surface area (Å²) in [5.41, 5.74) is 3.80. The van der Waals surface area contributed by atoms with Crippen LogP contribution in [0.4, 0.5) is 0 Å². The van der Waals surface area contributed by atoms with E-state index in [9.17, 15) is 15.2 Å². The quantitative estimate of drug-likeness (QED) is 0.498. The number of nitrogens with zero attached hydrogens (tertiary/aromatic N) is 2. The van der Waals surface area contributed by atoms with Gasteiger partial charge in [-0.15, -0.1) is 0 Å². The van der Waals surface area contributed by atoms with Crippen molar-refractivity contribution < 1.29 is 9.90 Å². The topological polar surface area (TPSA) is 74.0 Å². The number of aromatic carboxylic acids is 1. The molecule has 0 saturated carbocycles. The molecular formula is C22H14N2O2Se. The van der Waals surface area contributed by atoms with Crippen molar-refractivity contribution in [1.29, 1.82) is 5.26 Å². The summed E-state index contributed by atoms with van der Waals surface area (Å²) in [5.74, 6) is -0.917. The van der Waals surface area contributed by atoms with Crippen molar-refractivity contribution in [3.8, 4) is 27.3 Å². The number of hydrogen-bond donors (Lipinski definition) is 1. The molecule has 0 bridgehead atoms. The maximum atomic E-state index is 11.3. The molecule has 0 aliphatic heterocycles. The second-order valence-corrected chi connectivity index (χ2v) is 8.23. The molecule has 1 heterocycles. The molecule has 0 atom stereocenters. The van der Waals surface area contributed by atoms with Crippen LogP contribution in [0.5, 0.6) is 0 Å². The number of carbonyl (C=O) groups is 1. The van der Waals surface area contributed by atoms with Gasteiger partial charge in [0.25, 0.3) is 0 Å². The molecule has 5 heteroatoms. The SMILES string of the molecule is Cc1nc(-c2ccc(-c3cccc4ccccc34)c(C#N)c2)[se]c1C(=O)O. The number of fused-ring (bicyclic) bond motifs is 1. The van der Waals surface area contributed by atoms with E-state index < -0.39 is 5.97 Å². The van der Waals surface area contributed by atoms with Gasteiger partial charge in [0.1, 0.15) is 0 Å². The number of carboxylic acid groups (broad SMARTS) is 1. The van der Waals surface area contributed by atoms with E-state index in [-0.39, 0.29) is 14.5 Å². The van der Waals surface area contributed by atoms with E-state index in [2.05, 4.69) is 29.3 Å². The second-order valence-electron chi connectivity index (χ2n) is 6.14. The molecule has 4 aromatic rings. The van der Waals surface area contributed by atoms with Gasteiger partial charge in [-0.1, -0.05) is 0 Å². The molecule has 3 aromatic carbocycles. The summed E-state index contributed by atoms with van der Waals surface area (Å²) in [4.78, 5) is 15.7. The second kappa shape index (κ2) is 6.85. The molecular weight excluding hydrogens is 403 g/mol. The first-order valence-electron chi connectivity index (χ1n) is 8.32. The van der Waals surface area contributed by atoms with Gasteiger partial charge in [-0.2, -0.15) is 0 Å². The van der Waals surface area contributed by atoms with Crippen LogP contribution in [0.3, 0.4) is 0 Å². The van der Waals surface area contributed by atoms with Crippen molar-refractivity contribution in [2.24, 2.45) is 0 Å². The maximum absolute atomic E-state index is 11.3. The summed E-state index contributed by atoms with van der Waals surface area (Å²) >= 11 is -0.358. The van der Waals surface area contributed by atoms with Gasteiger partial charge >= 0.3 is 162 Å². The predicted octanol–water partition coefficient (Wildman–Crippen LogP) is 4.50. The molecule has 1 aromatic heterocycles. The first kappa shape index (κ1) is 17.2. The van der Waals surface area contributed by atoms with Crippen molar-refractivity contribution >= 4 is 31.2 Å². The average Bonchev–Trinajstić information content (AvgIpc) is 3.09. The van der Waals surface area contributed by atoms with Crippen LogP contribution in [0.25, 0.3) is 32.0 Å². The van der Waals surface area contributed by atoms with Crippen LogP contribution in [-0.4, -0.2) is 30.6 Å². The average molecular weight is 417 g/mol. The normalized spacial score (nSPS) is 10.7. The Labute approximate surface area is 162 Å². The number of nitriles is 1. The summed E-state index contributed by atoms with van der Waals surface area (Å²) in [7, 11) is 0. The van der Waals surface area contributed by atoms with Crippen LogP contribution in [0.15, 0.2) is 60.7 Å². The molecule has 0 aliphatic carbocycles. The predicted molar refractivity (Wildman–Crippen MR) is 106 cm³/mol. The molecule has 4 rings (SSSR count). The monoisotopic (exact) mass is 418 g/mol. The molecule has 0 amide bonds. The van der Waals surface area contributed by atoms with Crippen LogP contribution in [-0.2, 0) is 0 Å². The zero-order valence-corrected chi connectivity index (χ0v) is 16.1. The molecule has 0 spiro atoms. The first-order valence-corrected chi connectivity index (χ1v) is 10.0. The Kier molecular flexibility index (Phi) is 4.37. The minimum absolute atomic E-state index is 0.358. The Morgan fingerprint density at radius 2 is 1.85 bits per heavy atom. The number of aromatic nitrogens is 1. The van der Waals surface area contributed by atoms with E-state index in [1.165, 1.54) is 0 Å². The summed E-state index contributed by atoms with van der Waals surface area (Å²) in [5, 5.41) is 21.2. The molecule has 0 radical (unpaired) electrons. The van der Waals surface area contributed by atoms with Gasteiger partial charge in [-0.05, 0) is 0 Å². The molecule has 0 aliphatic rings. The zero-order valence-electron chi connectivity index (χ0n) is 14.4. The third-order valence-corrected chi connectivity index (χ3v) is 6.96. The zero-order chi connectivity index (χ0) is 19.0. The van der Waals surface area contributed by atoms with E-state index in [1.54, 1.807) is 6.92 Å². The molecule has 1 N–H and O–H groups in total. The van der Waals surface area contributed by atoms with Crippen LogP contribution in [0.1, 0.15) is 20.5 Å². The molecule has 0 fully saturated rings. The number of carboxylic acids is 1. The Morgan fingerprint density at radius 3 is 2.59 bits per heavy atom. The van der Waals surface area contributed by atoms with Gasteiger partial charge in [-0.25, -0.2) is 0 Å². The van der Waals surface area contributed by atoms with E-state index in [4.69, 9.17) is 0 Å². The fourth-order valence-electron chi connectivity index (χ4n) is 3.18. The Balaban J connectivity index is 1.87. The summed E-state index contributed by atoms with van der Waals surface area (Å²) < 4.78 is 1.12.